The number of carboxylic acids is 1. The third kappa shape index (κ3) is 3.52. The third-order valence-electron chi connectivity index (χ3n) is 4.23. The lowest BCUT2D eigenvalue weighted by molar-refractivity contribution is -0.134. The fourth-order valence-electron chi connectivity index (χ4n) is 2.96. The van der Waals surface area contributed by atoms with E-state index in [9.17, 15) is 14.4 Å². The topological polar surface area (TPSA) is 77.9 Å². The summed E-state index contributed by atoms with van der Waals surface area (Å²) in [7, 11) is 0. The van der Waals surface area contributed by atoms with Crippen LogP contribution in [0.3, 0.4) is 0 Å². The van der Waals surface area contributed by atoms with Crippen molar-refractivity contribution in [2.24, 2.45) is 0 Å². The van der Waals surface area contributed by atoms with Crippen LogP contribution >= 0.6 is 0 Å². The average molecular weight is 318 g/mol. The molecule has 0 spiro atoms. The highest BCUT2D eigenvalue weighted by Crippen LogP contribution is 2.22. The van der Waals surface area contributed by atoms with Gasteiger partial charge in [-0.15, -0.1) is 0 Å². The Morgan fingerprint density at radius 2 is 1.87 bits per heavy atom. The van der Waals surface area contributed by atoms with Crippen molar-refractivity contribution in [2.75, 3.05) is 19.6 Å². The standard InChI is InChI=1S/C17H22N2O4/c1-3-18(4-2)16(21)14-9-6-10-19(14)15(20)12-7-5-8-13(11-12)17(22)23/h5,7-8,11,14H,3-4,6,9-10H2,1-2H3,(H,22,23). The minimum atomic E-state index is -1.07. The number of likely N-dealkylation sites (tertiary alicyclic amines) is 1. The molecule has 1 aromatic rings. The summed E-state index contributed by atoms with van der Waals surface area (Å²) in [6.07, 6.45) is 1.43. The largest absolute Gasteiger partial charge is 0.478 e. The molecular formula is C17H22N2O4. The van der Waals surface area contributed by atoms with Gasteiger partial charge in [0.1, 0.15) is 6.04 Å². The number of nitrogens with zero attached hydrogens (tertiary/aromatic N) is 2. The van der Waals surface area contributed by atoms with E-state index in [0.29, 0.717) is 31.6 Å². The van der Waals surface area contributed by atoms with Crippen LogP contribution in [0.4, 0.5) is 0 Å². The van der Waals surface area contributed by atoms with Crippen molar-refractivity contribution in [3.05, 3.63) is 35.4 Å². The molecule has 1 unspecified atom stereocenters. The summed E-state index contributed by atoms with van der Waals surface area (Å²) >= 11 is 0. The van der Waals surface area contributed by atoms with E-state index in [1.54, 1.807) is 21.9 Å². The van der Waals surface area contributed by atoms with Crippen molar-refractivity contribution >= 4 is 17.8 Å². The molecule has 2 amide bonds. The Kier molecular flexibility index (Phi) is 5.36. The fourth-order valence-corrected chi connectivity index (χ4v) is 2.96. The van der Waals surface area contributed by atoms with E-state index in [0.717, 1.165) is 6.42 Å². The highest BCUT2D eigenvalue weighted by molar-refractivity contribution is 6.00. The van der Waals surface area contributed by atoms with E-state index in [4.69, 9.17) is 5.11 Å². The monoisotopic (exact) mass is 318 g/mol. The van der Waals surface area contributed by atoms with Gasteiger partial charge in [-0.25, -0.2) is 4.79 Å². The Morgan fingerprint density at radius 1 is 1.22 bits per heavy atom. The van der Waals surface area contributed by atoms with Gasteiger partial charge in [-0.1, -0.05) is 6.07 Å². The molecule has 0 saturated carbocycles. The van der Waals surface area contributed by atoms with Crippen LogP contribution in [0.1, 0.15) is 47.4 Å². The van der Waals surface area contributed by atoms with Crippen LogP contribution in [0, 0.1) is 0 Å². The third-order valence-corrected chi connectivity index (χ3v) is 4.23. The predicted octanol–water partition coefficient (Wildman–Crippen LogP) is 1.86. The molecule has 0 radical (unpaired) electrons. The maximum Gasteiger partial charge on any atom is 0.335 e. The van der Waals surface area contributed by atoms with Crippen molar-refractivity contribution in [1.82, 2.24) is 9.80 Å². The highest BCUT2D eigenvalue weighted by atomic mass is 16.4. The zero-order valence-electron chi connectivity index (χ0n) is 13.5. The van der Waals surface area contributed by atoms with Crippen molar-refractivity contribution in [3.8, 4) is 0 Å². The van der Waals surface area contributed by atoms with E-state index < -0.39 is 12.0 Å². The number of hydrogen-bond donors (Lipinski definition) is 1. The molecule has 6 nitrogen and oxygen atoms in total. The number of rotatable bonds is 5. The van der Waals surface area contributed by atoms with Crippen LogP contribution in [0.15, 0.2) is 24.3 Å². The number of carbonyl (C=O) groups is 3. The molecule has 1 N–H and O–H groups in total. The summed E-state index contributed by atoms with van der Waals surface area (Å²) in [5.74, 6) is -1.39. The number of aromatic carboxylic acids is 1. The first-order valence-corrected chi connectivity index (χ1v) is 7.92. The summed E-state index contributed by atoms with van der Waals surface area (Å²) in [6.45, 7) is 5.58. The van der Waals surface area contributed by atoms with Crippen molar-refractivity contribution < 1.29 is 19.5 Å². The molecule has 2 rings (SSSR count). The van der Waals surface area contributed by atoms with Gasteiger partial charge in [-0.3, -0.25) is 9.59 Å². The lowest BCUT2D eigenvalue weighted by atomic mass is 10.1. The quantitative estimate of drug-likeness (QED) is 0.899. The molecule has 1 atom stereocenters. The molecule has 23 heavy (non-hydrogen) atoms. The minimum absolute atomic E-state index is 0.0322. The Labute approximate surface area is 135 Å². The summed E-state index contributed by atoms with van der Waals surface area (Å²) in [4.78, 5) is 39.6. The highest BCUT2D eigenvalue weighted by Gasteiger charge is 2.36. The van der Waals surface area contributed by atoms with Crippen LogP contribution < -0.4 is 0 Å². The van der Waals surface area contributed by atoms with Crippen molar-refractivity contribution in [1.29, 1.82) is 0 Å². The summed E-state index contributed by atoms with van der Waals surface area (Å²) in [5, 5.41) is 9.05. The fraction of sp³-hybridized carbons (Fsp3) is 0.471. The van der Waals surface area contributed by atoms with E-state index in [1.807, 2.05) is 13.8 Å². The molecule has 1 aliphatic rings. The summed E-state index contributed by atoms with van der Waals surface area (Å²) < 4.78 is 0. The molecule has 0 aromatic heterocycles. The molecule has 0 bridgehead atoms. The Bertz CT molecular complexity index is 610. The van der Waals surface area contributed by atoms with E-state index in [1.165, 1.54) is 12.1 Å². The first-order valence-electron chi connectivity index (χ1n) is 7.92. The first kappa shape index (κ1) is 17.0. The van der Waals surface area contributed by atoms with Gasteiger partial charge in [0, 0.05) is 25.2 Å². The van der Waals surface area contributed by atoms with Crippen molar-refractivity contribution in [3.63, 3.8) is 0 Å². The van der Waals surface area contributed by atoms with Crippen LogP contribution in [0.5, 0.6) is 0 Å². The second-order valence-corrected chi connectivity index (χ2v) is 5.55. The number of hydrogen-bond acceptors (Lipinski definition) is 3. The molecule has 0 aliphatic carbocycles. The van der Waals surface area contributed by atoms with Crippen LogP contribution in [-0.2, 0) is 4.79 Å². The molecule has 1 heterocycles. The zero-order chi connectivity index (χ0) is 17.0. The van der Waals surface area contributed by atoms with Gasteiger partial charge in [0.15, 0.2) is 0 Å². The molecule has 1 aromatic carbocycles. The predicted molar refractivity (Wildman–Crippen MR) is 85.4 cm³/mol. The summed E-state index contributed by atoms with van der Waals surface area (Å²) in [6, 6.07) is 5.50. The van der Waals surface area contributed by atoms with E-state index in [2.05, 4.69) is 0 Å². The maximum atomic E-state index is 12.7. The van der Waals surface area contributed by atoms with Gasteiger partial charge in [0.25, 0.3) is 5.91 Å². The number of amides is 2. The number of likely N-dealkylation sites (N-methyl/N-ethyl adjacent to an activating group) is 1. The molecule has 124 valence electrons. The van der Waals surface area contributed by atoms with Gasteiger partial charge in [0.05, 0.1) is 5.56 Å². The van der Waals surface area contributed by atoms with Gasteiger partial charge in [-0.2, -0.15) is 0 Å². The lowest BCUT2D eigenvalue weighted by Crippen LogP contribution is -2.47. The number of benzene rings is 1. The minimum Gasteiger partial charge on any atom is -0.478 e. The van der Waals surface area contributed by atoms with Gasteiger partial charge >= 0.3 is 5.97 Å². The SMILES string of the molecule is CCN(CC)C(=O)C1CCCN1C(=O)c1cccc(C(=O)O)c1. The molecule has 1 saturated heterocycles. The van der Waals surface area contributed by atoms with Gasteiger partial charge in [0.2, 0.25) is 5.91 Å². The van der Waals surface area contributed by atoms with Crippen LogP contribution in [0.2, 0.25) is 0 Å². The molecular weight excluding hydrogens is 296 g/mol. The van der Waals surface area contributed by atoms with Crippen molar-refractivity contribution in [2.45, 2.75) is 32.7 Å². The number of carboxylic acid groups (broad SMARTS) is 1. The average Bonchev–Trinajstić information content (AvgIpc) is 3.04. The first-order chi connectivity index (χ1) is 11.0. The normalized spacial score (nSPS) is 17.1. The number of carbonyl (C=O) groups excluding carboxylic acids is 2. The maximum absolute atomic E-state index is 12.7. The molecule has 1 aliphatic heterocycles. The molecule has 6 heteroatoms. The summed E-state index contributed by atoms with van der Waals surface area (Å²) in [5.41, 5.74) is 0.380. The van der Waals surface area contributed by atoms with Gasteiger partial charge in [-0.05, 0) is 44.9 Å². The second-order valence-electron chi connectivity index (χ2n) is 5.55. The lowest BCUT2D eigenvalue weighted by Gasteiger charge is -2.29. The Hall–Kier alpha value is -2.37. The zero-order valence-corrected chi connectivity index (χ0v) is 13.5. The van der Waals surface area contributed by atoms with Crippen LogP contribution in [-0.4, -0.2) is 58.4 Å². The Morgan fingerprint density at radius 3 is 2.48 bits per heavy atom. The Balaban J connectivity index is 2.22. The van der Waals surface area contributed by atoms with Gasteiger partial charge < -0.3 is 14.9 Å². The van der Waals surface area contributed by atoms with E-state index >= 15 is 0 Å². The van der Waals surface area contributed by atoms with Crippen LogP contribution in [0.25, 0.3) is 0 Å². The smallest absolute Gasteiger partial charge is 0.335 e. The second kappa shape index (κ2) is 7.26. The molecule has 1 fully saturated rings. The van der Waals surface area contributed by atoms with E-state index in [-0.39, 0.29) is 17.4 Å².